The number of nitrogens with zero attached hydrogens (tertiary/aromatic N) is 3. The van der Waals surface area contributed by atoms with Crippen LogP contribution in [0.2, 0.25) is 0 Å². The molecule has 0 radical (unpaired) electrons. The first-order chi connectivity index (χ1) is 26.7. The molecule has 11 rings (SSSR count). The molecule has 2 amide bonds. The van der Waals surface area contributed by atoms with Gasteiger partial charge in [0.15, 0.2) is 4.80 Å². The number of ether oxygens (including phenoxy) is 1. The van der Waals surface area contributed by atoms with Crippen LogP contribution >= 0.6 is 11.3 Å². The summed E-state index contributed by atoms with van der Waals surface area (Å²) in [6.07, 6.45) is 1.94. The number of rotatable bonds is 5. The van der Waals surface area contributed by atoms with Gasteiger partial charge in [0.25, 0.3) is 5.56 Å². The summed E-state index contributed by atoms with van der Waals surface area (Å²) in [5.74, 6) is -2.87. The summed E-state index contributed by atoms with van der Waals surface area (Å²) in [4.78, 5) is 65.4. The van der Waals surface area contributed by atoms with E-state index in [1.54, 1.807) is 18.4 Å². The first-order valence-corrected chi connectivity index (χ1v) is 19.4. The van der Waals surface area contributed by atoms with Gasteiger partial charge >= 0.3 is 5.97 Å². The van der Waals surface area contributed by atoms with E-state index in [9.17, 15) is 9.59 Å². The Balaban J connectivity index is 1.26. The number of esters is 1. The predicted octanol–water partition coefficient (Wildman–Crippen LogP) is 6.46. The van der Waals surface area contributed by atoms with Crippen LogP contribution < -0.4 is 19.8 Å². The third-order valence-electron chi connectivity index (χ3n) is 12.0. The molecule has 2 aliphatic heterocycles. The minimum atomic E-state index is -1.16. The molecule has 5 aromatic carbocycles. The van der Waals surface area contributed by atoms with Crippen molar-refractivity contribution >= 4 is 51.7 Å². The number of imide groups is 1. The van der Waals surface area contributed by atoms with Crippen molar-refractivity contribution in [1.82, 2.24) is 4.57 Å². The van der Waals surface area contributed by atoms with E-state index >= 15 is 9.59 Å². The Morgan fingerprint density at radius 1 is 0.800 bits per heavy atom. The Morgan fingerprint density at radius 2 is 1.44 bits per heavy atom. The van der Waals surface area contributed by atoms with Gasteiger partial charge < -0.3 is 4.74 Å². The zero-order valence-electron chi connectivity index (χ0n) is 30.4. The molecule has 0 saturated carbocycles. The van der Waals surface area contributed by atoms with Gasteiger partial charge in [0.2, 0.25) is 11.8 Å². The van der Waals surface area contributed by atoms with E-state index in [0.29, 0.717) is 26.3 Å². The van der Waals surface area contributed by atoms with E-state index in [4.69, 9.17) is 9.73 Å². The number of carbonyl (C=O) groups is 3. The number of aromatic nitrogens is 1. The molecule has 2 bridgehead atoms. The fourth-order valence-corrected chi connectivity index (χ4v) is 10.9. The van der Waals surface area contributed by atoms with Gasteiger partial charge in [0, 0.05) is 5.92 Å². The molecular weight excluding hydrogens is 707 g/mol. The predicted molar refractivity (Wildman–Crippen MR) is 211 cm³/mol. The lowest BCUT2D eigenvalue weighted by molar-refractivity contribution is -0.139. The summed E-state index contributed by atoms with van der Waals surface area (Å²) in [5.41, 5.74) is 5.39. The molecule has 3 aliphatic carbocycles. The van der Waals surface area contributed by atoms with Crippen molar-refractivity contribution in [3.8, 4) is 0 Å². The third-order valence-corrected chi connectivity index (χ3v) is 13.0. The summed E-state index contributed by atoms with van der Waals surface area (Å²) in [6.45, 7) is 5.67. The standard InChI is InChI=1S/C46H35N3O5S/c1-4-54-44(53)36-26(3)47-45-49(40(36)30-17-11-13-27-12-5-6-14-29(27)30)41(50)35(55-45)24-46-33-18-9-7-15-31(33)37(32-16-8-10-19-34(32)46)38-39(46)43(52)48(42(38)51)28-22-20-25(2)21-23-28/h5-24,37-40H,4H2,1-3H3/b35-24+. The highest BCUT2D eigenvalue weighted by Crippen LogP contribution is 2.65. The van der Waals surface area contributed by atoms with Gasteiger partial charge in [-0.15, -0.1) is 0 Å². The molecule has 3 heterocycles. The van der Waals surface area contributed by atoms with E-state index in [1.165, 1.54) is 16.2 Å². The topological polar surface area (TPSA) is 98.0 Å². The zero-order chi connectivity index (χ0) is 37.7. The van der Waals surface area contributed by atoms with Gasteiger partial charge in [-0.25, -0.2) is 14.7 Å². The van der Waals surface area contributed by atoms with Crippen LogP contribution in [0.1, 0.15) is 59.2 Å². The first kappa shape index (κ1) is 33.4. The van der Waals surface area contributed by atoms with E-state index in [0.717, 1.165) is 44.2 Å². The lowest BCUT2D eigenvalue weighted by Crippen LogP contribution is -2.53. The molecule has 6 aromatic rings. The van der Waals surface area contributed by atoms with Crippen LogP contribution in [0.25, 0.3) is 16.8 Å². The largest absolute Gasteiger partial charge is 0.463 e. The highest BCUT2D eigenvalue weighted by Gasteiger charge is 2.67. The Kier molecular flexibility index (Phi) is 7.38. The van der Waals surface area contributed by atoms with Crippen molar-refractivity contribution in [2.24, 2.45) is 16.8 Å². The number of allylic oxidation sites excluding steroid dienone is 1. The minimum absolute atomic E-state index is 0.166. The molecule has 1 fully saturated rings. The molecule has 0 N–H and O–H groups in total. The molecule has 1 saturated heterocycles. The van der Waals surface area contributed by atoms with E-state index in [2.05, 4.69) is 12.1 Å². The number of amides is 2. The highest BCUT2D eigenvalue weighted by molar-refractivity contribution is 7.07. The van der Waals surface area contributed by atoms with E-state index in [-0.39, 0.29) is 29.9 Å². The van der Waals surface area contributed by atoms with Gasteiger partial charge in [0.05, 0.1) is 51.4 Å². The Morgan fingerprint density at radius 3 is 2.15 bits per heavy atom. The summed E-state index contributed by atoms with van der Waals surface area (Å²) in [5, 5.41) is 1.88. The van der Waals surface area contributed by atoms with Crippen LogP contribution in [-0.4, -0.2) is 29.0 Å². The number of fused-ring (bicyclic) bond motifs is 2. The maximum atomic E-state index is 15.2. The smallest absolute Gasteiger partial charge is 0.338 e. The highest BCUT2D eigenvalue weighted by atomic mass is 32.1. The molecule has 3 unspecified atom stereocenters. The summed E-state index contributed by atoms with van der Waals surface area (Å²) in [7, 11) is 0. The number of carbonyl (C=O) groups excluding carboxylic acids is 3. The van der Waals surface area contributed by atoms with E-state index in [1.807, 2.05) is 116 Å². The van der Waals surface area contributed by atoms with Gasteiger partial charge in [-0.3, -0.25) is 19.0 Å². The van der Waals surface area contributed by atoms with Crippen LogP contribution in [0.5, 0.6) is 0 Å². The van der Waals surface area contributed by atoms with Gasteiger partial charge in [-0.2, -0.15) is 0 Å². The molecule has 1 aromatic heterocycles. The van der Waals surface area contributed by atoms with Gasteiger partial charge in [-0.05, 0) is 77.6 Å². The van der Waals surface area contributed by atoms with Crippen molar-refractivity contribution < 1.29 is 19.1 Å². The van der Waals surface area contributed by atoms with Crippen molar-refractivity contribution in [3.63, 3.8) is 0 Å². The monoisotopic (exact) mass is 741 g/mol. The molecule has 55 heavy (non-hydrogen) atoms. The molecule has 0 spiro atoms. The number of anilines is 1. The molecule has 8 nitrogen and oxygen atoms in total. The quantitative estimate of drug-likeness (QED) is 0.149. The second kappa shape index (κ2) is 12.2. The Bertz CT molecular complexity index is 2830. The fraction of sp³-hybridized carbons (Fsp3) is 0.196. The molecule has 9 heteroatoms. The van der Waals surface area contributed by atoms with E-state index < -0.39 is 29.3 Å². The second-order valence-corrected chi connectivity index (χ2v) is 15.8. The lowest BCUT2D eigenvalue weighted by atomic mass is 9.47. The lowest BCUT2D eigenvalue weighted by Gasteiger charge is -2.53. The number of benzene rings is 5. The van der Waals surface area contributed by atoms with Gasteiger partial charge in [0.1, 0.15) is 0 Å². The second-order valence-electron chi connectivity index (χ2n) is 14.7. The van der Waals surface area contributed by atoms with Crippen LogP contribution in [0, 0.1) is 18.8 Å². The van der Waals surface area contributed by atoms with Crippen LogP contribution in [0.3, 0.4) is 0 Å². The Hall–Kier alpha value is -6.19. The first-order valence-electron chi connectivity index (χ1n) is 18.6. The summed E-state index contributed by atoms with van der Waals surface area (Å²) in [6, 6.07) is 36.5. The van der Waals surface area contributed by atoms with Crippen LogP contribution in [-0.2, 0) is 24.5 Å². The molecule has 5 aliphatic rings. The minimum Gasteiger partial charge on any atom is -0.463 e. The Labute approximate surface area is 320 Å². The molecular formula is C46H35N3O5S. The number of hydrogen-bond donors (Lipinski definition) is 0. The summed E-state index contributed by atoms with van der Waals surface area (Å²) >= 11 is 1.24. The fourth-order valence-electron chi connectivity index (χ4n) is 9.81. The zero-order valence-corrected chi connectivity index (χ0v) is 31.2. The number of hydrogen-bond acceptors (Lipinski definition) is 7. The number of thiazole rings is 1. The molecule has 3 atom stereocenters. The SMILES string of the molecule is CCOC(=O)C1=C(C)N=c2s/c(=C/C34c5ccccc5C(c5ccccc53)C3C(=O)N(c5ccc(C)cc5)C(=O)C34)c(=O)n2C1c1cccc2ccccc12. The van der Waals surface area contributed by atoms with Crippen molar-refractivity contribution in [2.75, 3.05) is 11.5 Å². The van der Waals surface area contributed by atoms with Crippen LogP contribution in [0.4, 0.5) is 5.69 Å². The molecule has 270 valence electrons. The average molecular weight is 742 g/mol. The van der Waals surface area contributed by atoms with Gasteiger partial charge in [-0.1, -0.05) is 120 Å². The maximum absolute atomic E-state index is 15.2. The van der Waals surface area contributed by atoms with Crippen molar-refractivity contribution in [1.29, 1.82) is 0 Å². The van der Waals surface area contributed by atoms with Crippen molar-refractivity contribution in [2.45, 2.75) is 38.1 Å². The van der Waals surface area contributed by atoms with Crippen LogP contribution in [0.15, 0.2) is 136 Å². The maximum Gasteiger partial charge on any atom is 0.338 e. The van der Waals surface area contributed by atoms with Crippen molar-refractivity contribution in [3.05, 3.63) is 180 Å². The number of aryl methyl sites for hydroxylation is 1. The average Bonchev–Trinajstić information content (AvgIpc) is 3.65. The third kappa shape index (κ3) is 4.53. The summed E-state index contributed by atoms with van der Waals surface area (Å²) < 4.78 is 7.57. The normalized spacial score (nSPS) is 23.7.